The number of thioether (sulfide) groups is 1. The zero-order valence-electron chi connectivity index (χ0n) is 23.1. The van der Waals surface area contributed by atoms with Crippen molar-refractivity contribution in [1.29, 1.82) is 0 Å². The van der Waals surface area contributed by atoms with E-state index >= 15 is 0 Å². The van der Waals surface area contributed by atoms with Crippen LogP contribution >= 0.6 is 56.9 Å². The highest BCUT2D eigenvalue weighted by Gasteiger charge is 2.53. The number of amidine groups is 1. The normalized spacial score (nSPS) is 16.9. The van der Waals surface area contributed by atoms with E-state index in [-0.39, 0.29) is 13.3 Å². The predicted molar refractivity (Wildman–Crippen MR) is 189 cm³/mol. The van der Waals surface area contributed by atoms with Crippen LogP contribution in [-0.4, -0.2) is 32.5 Å². The van der Waals surface area contributed by atoms with Gasteiger partial charge in [-0.3, -0.25) is 0 Å². The first-order valence-corrected chi connectivity index (χ1v) is 18.0. The summed E-state index contributed by atoms with van der Waals surface area (Å²) in [5.41, 5.74) is 4.49. The van der Waals surface area contributed by atoms with Gasteiger partial charge in [-0.05, 0) is 87.7 Å². The second kappa shape index (κ2) is 9.85. The molecule has 1 unspecified atom stereocenters. The van der Waals surface area contributed by atoms with Gasteiger partial charge in [-0.25, -0.2) is 15.0 Å². The van der Waals surface area contributed by atoms with Crippen molar-refractivity contribution in [3.63, 3.8) is 0 Å². The Morgan fingerprint density at radius 1 is 0.810 bits per heavy atom. The standard InChI is InChI=1S/C32H27BI2N6S/c1-2-3-4-5-6-7-16-42-18-14-15-19-22(17-18)30-37-29-21-11-9-13-24(35)26(21)32-38-31-25-20(10-8-12-23(25)34)28-36-27(19)39(30)33(40(28)31)41(29)32/h8-15,17,28H,2-7,16H2,1H3. The van der Waals surface area contributed by atoms with Gasteiger partial charge in [0.25, 0.3) is 0 Å². The first-order chi connectivity index (χ1) is 20.7. The highest BCUT2D eigenvalue weighted by Crippen LogP contribution is 2.49. The van der Waals surface area contributed by atoms with Crippen LogP contribution < -0.4 is 11.0 Å². The van der Waals surface area contributed by atoms with Crippen molar-refractivity contribution in [3.8, 4) is 0 Å². The Kier molecular flexibility index (Phi) is 6.13. The summed E-state index contributed by atoms with van der Waals surface area (Å²) in [5.74, 6) is 4.19. The van der Waals surface area contributed by atoms with Gasteiger partial charge < -0.3 is 13.8 Å². The van der Waals surface area contributed by atoms with Gasteiger partial charge in [0.2, 0.25) is 0 Å². The highest BCUT2D eigenvalue weighted by molar-refractivity contribution is 14.1. The number of nitrogens with zero attached hydrogens (tertiary/aromatic N) is 6. The lowest BCUT2D eigenvalue weighted by molar-refractivity contribution is 0.443. The lowest BCUT2D eigenvalue weighted by Gasteiger charge is -2.39. The molecule has 0 amide bonds. The summed E-state index contributed by atoms with van der Waals surface area (Å²) in [4.78, 5) is 20.0. The topological polar surface area (TPSA) is 50.2 Å². The Balaban J connectivity index is 1.26. The molecular formula is C32H27BI2N6S. The molecular weight excluding hydrogens is 765 g/mol. The van der Waals surface area contributed by atoms with Crippen LogP contribution in [0.1, 0.15) is 62.7 Å². The molecule has 4 aliphatic heterocycles. The number of aliphatic imine (C=N–C) groups is 1. The van der Waals surface area contributed by atoms with Gasteiger partial charge in [0.1, 0.15) is 34.6 Å². The van der Waals surface area contributed by atoms with E-state index < -0.39 is 0 Å². The summed E-state index contributed by atoms with van der Waals surface area (Å²) in [7, 11) is -0.0921. The fourth-order valence-electron chi connectivity index (χ4n) is 7.17. The average molecular weight is 792 g/mol. The quantitative estimate of drug-likeness (QED) is 0.0694. The molecule has 208 valence electrons. The molecule has 6 heterocycles. The molecule has 4 aliphatic rings. The van der Waals surface area contributed by atoms with Gasteiger partial charge in [0.05, 0.1) is 0 Å². The third-order valence-electron chi connectivity index (χ3n) is 9.06. The molecule has 0 spiro atoms. The van der Waals surface area contributed by atoms with Gasteiger partial charge >= 0.3 is 7.12 Å². The molecule has 10 heteroatoms. The maximum absolute atomic E-state index is 5.46. The number of hydrogen-bond acceptors (Lipinski definition) is 5. The summed E-state index contributed by atoms with van der Waals surface area (Å²) < 4.78 is 7.16. The maximum atomic E-state index is 5.46. The zero-order chi connectivity index (χ0) is 28.1. The monoisotopic (exact) mass is 792 g/mol. The zero-order valence-corrected chi connectivity index (χ0v) is 28.3. The molecule has 0 bridgehead atoms. The number of benzene rings is 3. The number of unbranched alkanes of at least 4 members (excludes halogenated alkanes) is 5. The molecule has 1 atom stereocenters. The Morgan fingerprint density at radius 2 is 1.64 bits per heavy atom. The Hall–Kier alpha value is -2.32. The van der Waals surface area contributed by atoms with E-state index in [1.54, 1.807) is 0 Å². The number of rotatable bonds is 8. The fourth-order valence-corrected chi connectivity index (χ4v) is 9.62. The van der Waals surface area contributed by atoms with Gasteiger partial charge in [-0.2, -0.15) is 0 Å². The molecule has 42 heavy (non-hydrogen) atoms. The van der Waals surface area contributed by atoms with E-state index in [0.29, 0.717) is 0 Å². The smallest absolute Gasteiger partial charge is 0.334 e. The van der Waals surface area contributed by atoms with Crippen LogP contribution in [0.5, 0.6) is 0 Å². The van der Waals surface area contributed by atoms with Crippen molar-refractivity contribution in [2.45, 2.75) is 56.5 Å². The maximum Gasteiger partial charge on any atom is 0.522 e. The van der Waals surface area contributed by atoms with Crippen molar-refractivity contribution < 1.29 is 0 Å². The molecule has 0 N–H and O–H groups in total. The van der Waals surface area contributed by atoms with Crippen LogP contribution in [0.15, 0.2) is 74.5 Å². The summed E-state index contributed by atoms with van der Waals surface area (Å²) in [5, 5.41) is 4.74. The Morgan fingerprint density at radius 3 is 2.55 bits per heavy atom. The van der Waals surface area contributed by atoms with Crippen LogP contribution in [0.25, 0.3) is 21.5 Å². The lowest BCUT2D eigenvalue weighted by atomic mass is 9.85. The fraction of sp³-hybridized carbons (Fsp3) is 0.281. The second-order valence-electron chi connectivity index (χ2n) is 11.5. The highest BCUT2D eigenvalue weighted by atomic mass is 127. The van der Waals surface area contributed by atoms with E-state index in [1.807, 2.05) is 11.8 Å². The van der Waals surface area contributed by atoms with Gasteiger partial charge in [-0.15, -0.1) is 11.8 Å². The predicted octanol–water partition coefficient (Wildman–Crippen LogP) is 7.94. The van der Waals surface area contributed by atoms with Crippen LogP contribution in [0.2, 0.25) is 0 Å². The van der Waals surface area contributed by atoms with Crippen molar-refractivity contribution in [2.75, 3.05) is 5.75 Å². The number of hydrogen-bond donors (Lipinski definition) is 0. The minimum atomic E-state index is -0.109. The van der Waals surface area contributed by atoms with E-state index in [9.17, 15) is 0 Å². The third kappa shape index (κ3) is 3.54. The van der Waals surface area contributed by atoms with Crippen LogP contribution in [-0.2, 0) is 0 Å². The molecule has 0 radical (unpaired) electrons. The largest absolute Gasteiger partial charge is 0.522 e. The van der Waals surface area contributed by atoms with E-state index in [4.69, 9.17) is 15.0 Å². The molecule has 9 rings (SSSR count). The molecule has 5 aromatic rings. The van der Waals surface area contributed by atoms with Crippen LogP contribution in [0.3, 0.4) is 0 Å². The molecule has 0 fully saturated rings. The number of aromatic nitrogens is 2. The number of halogens is 2. The first kappa shape index (κ1) is 26.1. The van der Waals surface area contributed by atoms with Gasteiger partial charge in [0, 0.05) is 44.7 Å². The summed E-state index contributed by atoms with van der Waals surface area (Å²) in [6.07, 6.45) is 7.86. The second-order valence-corrected chi connectivity index (χ2v) is 15.0. The Bertz CT molecular complexity index is 2130. The lowest BCUT2D eigenvalue weighted by Crippen LogP contribution is -2.63. The molecule has 0 saturated heterocycles. The SMILES string of the molecule is CCCCCCCCSc1ccc2c3n4c(c2c1)=Nc1c2cccc(I)c2c2n1B4N1C(=N2)c2c(I)cccc2C1N=3. The molecule has 0 aliphatic carbocycles. The molecule has 6 nitrogen and oxygen atoms in total. The van der Waals surface area contributed by atoms with Crippen molar-refractivity contribution in [2.24, 2.45) is 15.0 Å². The van der Waals surface area contributed by atoms with Crippen molar-refractivity contribution >= 4 is 103 Å². The number of fused-ring (bicyclic) bond motifs is 9. The molecule has 3 aromatic carbocycles. The third-order valence-corrected chi connectivity index (χ3v) is 11.9. The van der Waals surface area contributed by atoms with Crippen molar-refractivity contribution in [1.82, 2.24) is 13.8 Å². The van der Waals surface area contributed by atoms with Gasteiger partial charge in [0.15, 0.2) is 0 Å². The average Bonchev–Trinajstić information content (AvgIpc) is 3.62. The minimum absolute atomic E-state index is 0.0921. The van der Waals surface area contributed by atoms with Crippen molar-refractivity contribution in [3.05, 3.63) is 83.8 Å². The molecule has 0 saturated carbocycles. The van der Waals surface area contributed by atoms with Crippen LogP contribution in [0.4, 0.5) is 11.6 Å². The van der Waals surface area contributed by atoms with E-state index in [2.05, 4.69) is 120 Å². The minimum Gasteiger partial charge on any atom is -0.334 e. The Labute approximate surface area is 275 Å². The first-order valence-electron chi connectivity index (χ1n) is 14.9. The summed E-state index contributed by atoms with van der Waals surface area (Å²) >= 11 is 6.90. The summed E-state index contributed by atoms with van der Waals surface area (Å²) in [6, 6.07) is 20.0. The van der Waals surface area contributed by atoms with Gasteiger partial charge in [-0.1, -0.05) is 63.3 Å². The summed E-state index contributed by atoms with van der Waals surface area (Å²) in [6.45, 7) is 2.28. The van der Waals surface area contributed by atoms with E-state index in [0.717, 1.165) is 34.2 Å². The van der Waals surface area contributed by atoms with E-state index in [1.165, 1.54) is 83.2 Å². The molecule has 2 aromatic heterocycles. The van der Waals surface area contributed by atoms with Crippen LogP contribution in [0, 0.1) is 7.14 Å².